The van der Waals surface area contributed by atoms with Gasteiger partial charge in [-0.15, -0.1) is 0 Å². The molecular formula is C29H25ClN2O5S. The minimum absolute atomic E-state index is 0.358. The second-order valence-electron chi connectivity index (χ2n) is 8.92. The van der Waals surface area contributed by atoms with E-state index < -0.39 is 17.6 Å². The maximum absolute atomic E-state index is 12.1. The Morgan fingerprint density at radius 1 is 0.842 bits per heavy atom. The zero-order valence-electron chi connectivity index (χ0n) is 20.5. The number of ether oxygens (including phenoxy) is 2. The molecule has 38 heavy (non-hydrogen) atoms. The average Bonchev–Trinajstić information content (AvgIpc) is 2.93. The number of aryl methyl sites for hydroxylation is 1. The van der Waals surface area contributed by atoms with E-state index in [0.717, 1.165) is 34.7 Å². The molecule has 0 bridgehead atoms. The molecular weight excluding hydrogens is 524 g/mol. The fourth-order valence-corrected chi connectivity index (χ4v) is 5.76. The summed E-state index contributed by atoms with van der Waals surface area (Å²) in [4.78, 5) is 4.05. The third kappa shape index (κ3) is 4.39. The van der Waals surface area contributed by atoms with Crippen LogP contribution in [0.5, 0.6) is 23.0 Å². The molecule has 2 atom stereocenters. The van der Waals surface area contributed by atoms with Crippen LogP contribution in [-0.4, -0.2) is 21.5 Å². The molecule has 2 heterocycles. The summed E-state index contributed by atoms with van der Waals surface area (Å²) in [5.74, 6) is 2.68. The van der Waals surface area contributed by atoms with E-state index >= 15 is 0 Å². The molecule has 7 nitrogen and oxygen atoms in total. The molecule has 0 saturated heterocycles. The van der Waals surface area contributed by atoms with Crippen LogP contribution in [0.15, 0.2) is 84.9 Å². The molecule has 0 fully saturated rings. The van der Waals surface area contributed by atoms with Crippen LogP contribution in [0.2, 0.25) is 5.02 Å². The van der Waals surface area contributed by atoms with Crippen LogP contribution < -0.4 is 19.3 Å². The number of anilines is 4. The van der Waals surface area contributed by atoms with E-state index in [-0.39, 0.29) is 0 Å². The highest BCUT2D eigenvalue weighted by Gasteiger charge is 2.35. The molecule has 1 N–H and O–H groups in total. The van der Waals surface area contributed by atoms with E-state index in [2.05, 4.69) is 11.8 Å². The van der Waals surface area contributed by atoms with Gasteiger partial charge in [0.05, 0.1) is 22.1 Å². The zero-order valence-corrected chi connectivity index (χ0v) is 22.1. The van der Waals surface area contributed by atoms with Crippen LogP contribution in [0.1, 0.15) is 18.9 Å². The Kier molecular flexibility index (Phi) is 6.71. The van der Waals surface area contributed by atoms with Gasteiger partial charge in [0.2, 0.25) is 0 Å². The standard InChI is InChI=1S/C29H25ClN2O5S/c1-2-19-9-7-15-25-28(19)32(22-12-4-6-14-24(22)36-25)27(37-38(33)34)17-18-31-21-11-3-5-13-23(21)35-26-16-8-10-20(30)29(26)31/h3-16,27H,2,17-18H2,1H3,(H,33,34). The monoisotopic (exact) mass is 548 g/mol. The summed E-state index contributed by atoms with van der Waals surface area (Å²) in [5.41, 5.74) is 4.23. The SMILES string of the molecule is CCc1cccc2c1N(C(CCN1c3ccccc3Oc3cccc(Cl)c31)OS(=O)O)c1ccccc1O2. The molecule has 4 aromatic carbocycles. The van der Waals surface area contributed by atoms with Gasteiger partial charge in [-0.1, -0.05) is 61.0 Å². The lowest BCUT2D eigenvalue weighted by Gasteiger charge is -2.40. The zero-order chi connectivity index (χ0) is 26.2. The summed E-state index contributed by atoms with van der Waals surface area (Å²) in [6.07, 6.45) is 0.315. The van der Waals surface area contributed by atoms with Gasteiger partial charge in [-0.3, -0.25) is 4.55 Å². The highest BCUT2D eigenvalue weighted by atomic mass is 35.5. The quantitative estimate of drug-likeness (QED) is 0.235. The van der Waals surface area contributed by atoms with Crippen LogP contribution in [0.25, 0.3) is 0 Å². The molecule has 9 heteroatoms. The van der Waals surface area contributed by atoms with Crippen molar-refractivity contribution in [1.82, 2.24) is 0 Å². The third-order valence-corrected chi connectivity index (χ3v) is 7.42. The van der Waals surface area contributed by atoms with Crippen molar-refractivity contribution in [2.75, 3.05) is 16.3 Å². The molecule has 0 saturated carbocycles. The molecule has 6 rings (SSSR count). The Labute approximate surface area is 228 Å². The van der Waals surface area contributed by atoms with Crippen LogP contribution in [-0.2, 0) is 22.0 Å². The van der Waals surface area contributed by atoms with E-state index in [0.29, 0.717) is 41.0 Å². The molecule has 2 unspecified atom stereocenters. The smallest absolute Gasteiger partial charge is 0.304 e. The fourth-order valence-electron chi connectivity index (χ4n) is 5.12. The first-order chi connectivity index (χ1) is 18.5. The fraction of sp³-hybridized carbons (Fsp3) is 0.172. The Hall–Kier alpha value is -3.56. The Balaban J connectivity index is 1.43. The summed E-state index contributed by atoms with van der Waals surface area (Å²) in [7, 11) is 0. The highest BCUT2D eigenvalue weighted by Crippen LogP contribution is 2.52. The van der Waals surface area contributed by atoms with Crippen LogP contribution in [0.3, 0.4) is 0 Å². The number of hydrogen-bond donors (Lipinski definition) is 1. The van der Waals surface area contributed by atoms with E-state index in [1.165, 1.54) is 0 Å². The lowest BCUT2D eigenvalue weighted by atomic mass is 10.0. The normalized spacial score (nSPS) is 14.8. The van der Waals surface area contributed by atoms with Crippen molar-refractivity contribution < 1.29 is 22.4 Å². The molecule has 194 valence electrons. The number of hydrogen-bond acceptors (Lipinski definition) is 6. The van der Waals surface area contributed by atoms with Crippen LogP contribution >= 0.6 is 11.6 Å². The molecule has 4 aromatic rings. The van der Waals surface area contributed by atoms with Gasteiger partial charge < -0.3 is 19.3 Å². The van der Waals surface area contributed by atoms with Gasteiger partial charge in [0, 0.05) is 13.0 Å². The first-order valence-corrected chi connectivity index (χ1v) is 13.7. The topological polar surface area (TPSA) is 71.5 Å². The van der Waals surface area contributed by atoms with E-state index in [4.69, 9.17) is 25.3 Å². The number of rotatable bonds is 7. The van der Waals surface area contributed by atoms with Gasteiger partial charge in [-0.25, -0.2) is 4.18 Å². The van der Waals surface area contributed by atoms with Crippen molar-refractivity contribution >= 4 is 45.7 Å². The maximum Gasteiger partial charge on any atom is 0.304 e. The predicted octanol–water partition coefficient (Wildman–Crippen LogP) is 7.96. The second kappa shape index (κ2) is 10.3. The molecule has 0 amide bonds. The number of nitrogens with zero attached hydrogens (tertiary/aromatic N) is 2. The number of halogens is 1. The van der Waals surface area contributed by atoms with Gasteiger partial charge in [0.25, 0.3) is 0 Å². The number of para-hydroxylation sites is 6. The van der Waals surface area contributed by atoms with E-state index in [1.54, 1.807) is 0 Å². The predicted molar refractivity (Wildman–Crippen MR) is 150 cm³/mol. The van der Waals surface area contributed by atoms with Gasteiger partial charge in [0.15, 0.2) is 29.2 Å². The summed E-state index contributed by atoms with van der Waals surface area (Å²) >= 11 is 4.14. The number of fused-ring (bicyclic) bond motifs is 4. The first-order valence-electron chi connectivity index (χ1n) is 12.3. The van der Waals surface area contributed by atoms with E-state index in [9.17, 15) is 8.76 Å². The first kappa shape index (κ1) is 24.8. The summed E-state index contributed by atoms with van der Waals surface area (Å²) in [6.45, 7) is 2.50. The average molecular weight is 549 g/mol. The van der Waals surface area contributed by atoms with E-state index in [1.807, 2.05) is 89.8 Å². The summed E-state index contributed by atoms with van der Waals surface area (Å²) in [5, 5.41) is 0.551. The molecule has 2 aliphatic rings. The lowest BCUT2D eigenvalue weighted by Crippen LogP contribution is -2.39. The molecule has 0 aromatic heterocycles. The third-order valence-electron chi connectivity index (χ3n) is 6.73. The molecule has 0 aliphatic carbocycles. The lowest BCUT2D eigenvalue weighted by molar-refractivity contribution is 0.198. The second-order valence-corrected chi connectivity index (χ2v) is 9.96. The summed E-state index contributed by atoms with van der Waals surface area (Å²) < 4.78 is 40.1. The van der Waals surface area contributed by atoms with Gasteiger partial charge in [-0.2, -0.15) is 4.21 Å². The van der Waals surface area contributed by atoms with Crippen molar-refractivity contribution in [3.8, 4) is 23.0 Å². The van der Waals surface area contributed by atoms with Crippen LogP contribution in [0.4, 0.5) is 22.7 Å². The Bertz CT molecular complexity index is 1530. The Morgan fingerprint density at radius 3 is 2.16 bits per heavy atom. The maximum atomic E-state index is 12.1. The van der Waals surface area contributed by atoms with Crippen molar-refractivity contribution in [3.63, 3.8) is 0 Å². The van der Waals surface area contributed by atoms with Crippen molar-refractivity contribution in [2.45, 2.75) is 26.0 Å². The van der Waals surface area contributed by atoms with Crippen molar-refractivity contribution in [3.05, 3.63) is 95.5 Å². The van der Waals surface area contributed by atoms with Crippen molar-refractivity contribution in [1.29, 1.82) is 0 Å². The number of benzene rings is 4. The van der Waals surface area contributed by atoms with Gasteiger partial charge >= 0.3 is 11.4 Å². The minimum atomic E-state index is -2.51. The minimum Gasteiger partial charge on any atom is -0.453 e. The summed E-state index contributed by atoms with van der Waals surface area (Å²) in [6, 6.07) is 26.8. The van der Waals surface area contributed by atoms with Gasteiger partial charge in [0.1, 0.15) is 5.69 Å². The molecule has 0 radical (unpaired) electrons. The van der Waals surface area contributed by atoms with Crippen LogP contribution in [0, 0.1) is 0 Å². The molecule has 2 aliphatic heterocycles. The van der Waals surface area contributed by atoms with Crippen molar-refractivity contribution in [2.24, 2.45) is 0 Å². The van der Waals surface area contributed by atoms with Gasteiger partial charge in [-0.05, 0) is 54.4 Å². The highest BCUT2D eigenvalue weighted by molar-refractivity contribution is 7.74. The molecule has 0 spiro atoms. The largest absolute Gasteiger partial charge is 0.453 e. The Morgan fingerprint density at radius 2 is 1.45 bits per heavy atom.